The van der Waals surface area contributed by atoms with Crippen LogP contribution >= 0.6 is 0 Å². The number of nitrogens with zero attached hydrogens (tertiary/aromatic N) is 2. The molecule has 0 aliphatic rings. The number of ether oxygens (including phenoxy) is 1. The molecule has 0 aliphatic heterocycles. The van der Waals surface area contributed by atoms with Crippen molar-refractivity contribution in [1.29, 1.82) is 0 Å². The van der Waals surface area contributed by atoms with E-state index < -0.39 is 0 Å². The summed E-state index contributed by atoms with van der Waals surface area (Å²) in [6, 6.07) is 18.1. The quantitative estimate of drug-likeness (QED) is 0.735. The second-order valence-corrected chi connectivity index (χ2v) is 5.51. The summed E-state index contributed by atoms with van der Waals surface area (Å²) in [6.45, 7) is 3.76. The first-order valence-electron chi connectivity index (χ1n) is 7.82. The van der Waals surface area contributed by atoms with E-state index in [-0.39, 0.29) is 12.0 Å². The highest BCUT2D eigenvalue weighted by atomic mass is 16.5. The van der Waals surface area contributed by atoms with Gasteiger partial charge in [0.15, 0.2) is 0 Å². The normalized spacial score (nSPS) is 10.2. The Balaban J connectivity index is 1.67. The average molecular weight is 334 g/mol. The van der Waals surface area contributed by atoms with Crippen molar-refractivity contribution in [3.05, 3.63) is 72.1 Å². The van der Waals surface area contributed by atoms with Crippen LogP contribution in [0.4, 0.5) is 16.2 Å². The lowest BCUT2D eigenvalue weighted by Gasteiger charge is -2.09. The Hall–Kier alpha value is -3.41. The van der Waals surface area contributed by atoms with Crippen LogP contribution in [0.1, 0.15) is 11.4 Å². The van der Waals surface area contributed by atoms with E-state index in [9.17, 15) is 4.79 Å². The number of amides is 2. The molecule has 2 aromatic carbocycles. The summed E-state index contributed by atoms with van der Waals surface area (Å²) in [4.78, 5) is 20.5. The Morgan fingerprint density at radius 1 is 0.840 bits per heavy atom. The predicted octanol–water partition coefficient (Wildman–Crippen LogP) is 4.53. The third-order valence-electron chi connectivity index (χ3n) is 3.29. The van der Waals surface area contributed by atoms with Crippen molar-refractivity contribution in [3.8, 4) is 11.8 Å². The molecule has 0 spiro atoms. The zero-order valence-corrected chi connectivity index (χ0v) is 14.0. The Kier molecular flexibility index (Phi) is 4.89. The second-order valence-electron chi connectivity index (χ2n) is 5.51. The SMILES string of the molecule is Cc1cc(C)nc(Oc2cccc(NC(=O)Nc3ccccc3)c2)n1. The summed E-state index contributed by atoms with van der Waals surface area (Å²) < 4.78 is 5.69. The number of hydrogen-bond donors (Lipinski definition) is 2. The first kappa shape index (κ1) is 16.4. The number of para-hydroxylation sites is 1. The molecule has 0 saturated heterocycles. The number of rotatable bonds is 4. The molecule has 0 unspecified atom stereocenters. The van der Waals surface area contributed by atoms with Crippen LogP contribution in [0.2, 0.25) is 0 Å². The minimum atomic E-state index is -0.328. The zero-order valence-electron chi connectivity index (χ0n) is 14.0. The van der Waals surface area contributed by atoms with Crippen molar-refractivity contribution >= 4 is 17.4 Å². The van der Waals surface area contributed by atoms with E-state index in [4.69, 9.17) is 4.74 Å². The molecule has 25 heavy (non-hydrogen) atoms. The molecule has 0 atom stereocenters. The molecule has 1 heterocycles. The molecule has 2 N–H and O–H groups in total. The van der Waals surface area contributed by atoms with Crippen LogP contribution in [0.15, 0.2) is 60.7 Å². The van der Waals surface area contributed by atoms with Crippen LogP contribution in [0.5, 0.6) is 11.8 Å². The van der Waals surface area contributed by atoms with Crippen molar-refractivity contribution in [1.82, 2.24) is 9.97 Å². The van der Waals surface area contributed by atoms with E-state index in [0.717, 1.165) is 17.1 Å². The van der Waals surface area contributed by atoms with Gasteiger partial charge in [-0.3, -0.25) is 0 Å². The lowest BCUT2D eigenvalue weighted by molar-refractivity contribution is 0.262. The minimum absolute atomic E-state index is 0.281. The third kappa shape index (κ3) is 4.78. The summed E-state index contributed by atoms with van der Waals surface area (Å²) in [5, 5.41) is 5.53. The standard InChI is InChI=1S/C19H18N4O2/c1-13-11-14(2)21-19(20-13)25-17-10-6-9-16(12-17)23-18(24)22-15-7-4-3-5-8-15/h3-12H,1-2H3,(H2,22,23,24). The Labute approximate surface area is 145 Å². The number of hydrogen-bond acceptors (Lipinski definition) is 4. The molecular weight excluding hydrogens is 316 g/mol. The first-order valence-corrected chi connectivity index (χ1v) is 7.82. The number of aryl methyl sites for hydroxylation is 2. The highest BCUT2D eigenvalue weighted by molar-refractivity contribution is 5.99. The number of nitrogens with one attached hydrogen (secondary N) is 2. The van der Waals surface area contributed by atoms with E-state index in [1.807, 2.05) is 50.2 Å². The molecule has 2 amide bonds. The molecule has 0 bridgehead atoms. The van der Waals surface area contributed by atoms with E-state index in [1.54, 1.807) is 24.3 Å². The van der Waals surface area contributed by atoms with Gasteiger partial charge in [0.05, 0.1) is 0 Å². The number of anilines is 2. The molecule has 1 aromatic heterocycles. The van der Waals surface area contributed by atoms with Crippen LogP contribution < -0.4 is 15.4 Å². The van der Waals surface area contributed by atoms with Crippen molar-refractivity contribution in [2.75, 3.05) is 10.6 Å². The minimum Gasteiger partial charge on any atom is -0.424 e. The molecule has 6 nitrogen and oxygen atoms in total. The van der Waals surface area contributed by atoms with Gasteiger partial charge in [-0.1, -0.05) is 24.3 Å². The fourth-order valence-corrected chi connectivity index (χ4v) is 2.30. The summed E-state index contributed by atoms with van der Waals surface area (Å²) in [7, 11) is 0. The van der Waals surface area contributed by atoms with Gasteiger partial charge in [0.25, 0.3) is 0 Å². The largest absolute Gasteiger partial charge is 0.424 e. The highest BCUT2D eigenvalue weighted by Gasteiger charge is 2.06. The van der Waals surface area contributed by atoms with Gasteiger partial charge in [-0.05, 0) is 44.2 Å². The van der Waals surface area contributed by atoms with Crippen LogP contribution in [0, 0.1) is 13.8 Å². The van der Waals surface area contributed by atoms with Crippen LogP contribution in [0.3, 0.4) is 0 Å². The van der Waals surface area contributed by atoms with Gasteiger partial charge in [0, 0.05) is 28.8 Å². The maximum absolute atomic E-state index is 12.1. The molecule has 0 radical (unpaired) electrons. The molecule has 6 heteroatoms. The van der Waals surface area contributed by atoms with Gasteiger partial charge in [0.2, 0.25) is 0 Å². The van der Waals surface area contributed by atoms with Gasteiger partial charge in [-0.15, -0.1) is 0 Å². The van der Waals surface area contributed by atoms with E-state index in [1.165, 1.54) is 0 Å². The number of urea groups is 1. The maximum Gasteiger partial charge on any atom is 0.323 e. The van der Waals surface area contributed by atoms with Crippen LogP contribution in [0.25, 0.3) is 0 Å². The summed E-state index contributed by atoms with van der Waals surface area (Å²) in [5.41, 5.74) is 2.99. The van der Waals surface area contributed by atoms with Crippen molar-refractivity contribution in [2.45, 2.75) is 13.8 Å². The third-order valence-corrected chi connectivity index (χ3v) is 3.29. The van der Waals surface area contributed by atoms with Crippen LogP contribution in [-0.4, -0.2) is 16.0 Å². The summed E-state index contributed by atoms with van der Waals surface area (Å²) in [5.74, 6) is 0.544. The molecule has 3 aromatic rings. The fourth-order valence-electron chi connectivity index (χ4n) is 2.30. The van der Waals surface area contributed by atoms with E-state index >= 15 is 0 Å². The predicted molar refractivity (Wildman–Crippen MR) is 97.1 cm³/mol. The number of benzene rings is 2. The zero-order chi connectivity index (χ0) is 17.6. The number of carbonyl (C=O) groups is 1. The molecule has 0 aliphatic carbocycles. The van der Waals surface area contributed by atoms with Gasteiger partial charge in [-0.25, -0.2) is 14.8 Å². The number of aromatic nitrogens is 2. The van der Waals surface area contributed by atoms with Gasteiger partial charge >= 0.3 is 12.0 Å². The molecule has 3 rings (SSSR count). The Bertz CT molecular complexity index is 861. The first-order chi connectivity index (χ1) is 12.1. The van der Waals surface area contributed by atoms with Gasteiger partial charge < -0.3 is 15.4 Å². The fraction of sp³-hybridized carbons (Fsp3) is 0.105. The Morgan fingerprint density at radius 2 is 1.48 bits per heavy atom. The monoisotopic (exact) mass is 334 g/mol. The van der Waals surface area contributed by atoms with E-state index in [0.29, 0.717) is 11.4 Å². The summed E-state index contributed by atoms with van der Waals surface area (Å²) >= 11 is 0. The van der Waals surface area contributed by atoms with Gasteiger partial charge in [-0.2, -0.15) is 0 Å². The smallest absolute Gasteiger partial charge is 0.323 e. The topological polar surface area (TPSA) is 76.1 Å². The van der Waals surface area contributed by atoms with Crippen molar-refractivity contribution in [2.24, 2.45) is 0 Å². The van der Waals surface area contributed by atoms with E-state index in [2.05, 4.69) is 20.6 Å². The molecular formula is C19H18N4O2. The Morgan fingerprint density at radius 3 is 2.20 bits per heavy atom. The lowest BCUT2D eigenvalue weighted by atomic mass is 10.3. The average Bonchev–Trinajstić information content (AvgIpc) is 2.55. The maximum atomic E-state index is 12.1. The second kappa shape index (κ2) is 7.44. The molecule has 0 saturated carbocycles. The molecule has 126 valence electrons. The highest BCUT2D eigenvalue weighted by Crippen LogP contribution is 2.22. The van der Waals surface area contributed by atoms with Crippen molar-refractivity contribution in [3.63, 3.8) is 0 Å². The lowest BCUT2D eigenvalue weighted by Crippen LogP contribution is -2.19. The number of carbonyl (C=O) groups excluding carboxylic acids is 1. The van der Waals surface area contributed by atoms with Crippen LogP contribution in [-0.2, 0) is 0 Å². The molecule has 0 fully saturated rings. The van der Waals surface area contributed by atoms with Crippen molar-refractivity contribution < 1.29 is 9.53 Å². The summed E-state index contributed by atoms with van der Waals surface area (Å²) in [6.07, 6.45) is 0. The van der Waals surface area contributed by atoms with Gasteiger partial charge in [0.1, 0.15) is 5.75 Å².